The minimum atomic E-state index is 0. The lowest BCUT2D eigenvalue weighted by Gasteiger charge is -2.17. The van der Waals surface area contributed by atoms with Crippen molar-refractivity contribution in [3.63, 3.8) is 0 Å². The number of benzene rings is 1. The Morgan fingerprint density at radius 3 is 2.58 bits per heavy atom. The Labute approximate surface area is 84.5 Å². The van der Waals surface area contributed by atoms with Crippen molar-refractivity contribution in [2.45, 2.75) is 6.42 Å². The SMILES string of the molecule is Cl.Cl.c1ccc2c(c1)CCNN2. The quantitative estimate of drug-likeness (QED) is 0.679. The van der Waals surface area contributed by atoms with Gasteiger partial charge in [-0.2, -0.15) is 0 Å². The lowest BCUT2D eigenvalue weighted by Crippen LogP contribution is -2.29. The lowest BCUT2D eigenvalue weighted by molar-refractivity contribution is 0.747. The van der Waals surface area contributed by atoms with Gasteiger partial charge in [0.25, 0.3) is 0 Å². The second-order valence-corrected chi connectivity index (χ2v) is 2.46. The molecule has 0 saturated carbocycles. The maximum absolute atomic E-state index is 3.11. The normalized spacial score (nSPS) is 13.0. The summed E-state index contributed by atoms with van der Waals surface area (Å²) in [5.41, 5.74) is 8.82. The summed E-state index contributed by atoms with van der Waals surface area (Å²) in [6.45, 7) is 1.02. The standard InChI is InChI=1S/C8H10N2.2ClH/c1-2-4-8-7(3-1)5-6-9-10-8;;/h1-4,9-10H,5-6H2;2*1H. The third-order valence-corrected chi connectivity index (χ3v) is 1.76. The molecule has 0 bridgehead atoms. The number of anilines is 1. The molecule has 12 heavy (non-hydrogen) atoms. The molecule has 1 aliphatic heterocycles. The maximum atomic E-state index is 3.11. The summed E-state index contributed by atoms with van der Waals surface area (Å²) in [4.78, 5) is 0. The number of rotatable bonds is 0. The van der Waals surface area contributed by atoms with Crippen molar-refractivity contribution in [2.24, 2.45) is 0 Å². The topological polar surface area (TPSA) is 24.1 Å². The van der Waals surface area contributed by atoms with Crippen molar-refractivity contribution in [1.29, 1.82) is 0 Å². The summed E-state index contributed by atoms with van der Waals surface area (Å²) in [6.07, 6.45) is 1.13. The van der Waals surface area contributed by atoms with E-state index in [0.717, 1.165) is 13.0 Å². The van der Waals surface area contributed by atoms with Gasteiger partial charge in [-0.1, -0.05) is 18.2 Å². The summed E-state index contributed by atoms with van der Waals surface area (Å²) in [6, 6.07) is 8.36. The van der Waals surface area contributed by atoms with E-state index in [-0.39, 0.29) is 24.8 Å². The van der Waals surface area contributed by atoms with Gasteiger partial charge < -0.3 is 5.43 Å². The Balaban J connectivity index is 0.000000605. The molecule has 2 N–H and O–H groups in total. The van der Waals surface area contributed by atoms with Gasteiger partial charge >= 0.3 is 0 Å². The predicted molar refractivity (Wildman–Crippen MR) is 56.3 cm³/mol. The van der Waals surface area contributed by atoms with Gasteiger partial charge in [0.15, 0.2) is 0 Å². The smallest absolute Gasteiger partial charge is 0.0520 e. The fourth-order valence-corrected chi connectivity index (χ4v) is 1.22. The predicted octanol–water partition coefficient (Wildman–Crippen LogP) is 2.00. The second kappa shape index (κ2) is 5.25. The van der Waals surface area contributed by atoms with Crippen LogP contribution in [-0.2, 0) is 6.42 Å². The Morgan fingerprint density at radius 2 is 1.83 bits per heavy atom. The molecular weight excluding hydrogens is 195 g/mol. The minimum absolute atomic E-state index is 0. The number of nitrogens with one attached hydrogen (secondary N) is 2. The van der Waals surface area contributed by atoms with Crippen LogP contribution in [0, 0.1) is 0 Å². The van der Waals surface area contributed by atoms with E-state index in [4.69, 9.17) is 0 Å². The zero-order chi connectivity index (χ0) is 6.81. The number of hydrogen-bond donors (Lipinski definition) is 2. The summed E-state index contributed by atoms with van der Waals surface area (Å²) in [5, 5.41) is 0. The minimum Gasteiger partial charge on any atom is -0.321 e. The summed E-state index contributed by atoms with van der Waals surface area (Å²) < 4.78 is 0. The average Bonchev–Trinajstić information content (AvgIpc) is 2.05. The van der Waals surface area contributed by atoms with Gasteiger partial charge in [0.2, 0.25) is 0 Å². The first-order valence-electron chi connectivity index (χ1n) is 3.53. The maximum Gasteiger partial charge on any atom is 0.0520 e. The monoisotopic (exact) mass is 206 g/mol. The summed E-state index contributed by atoms with van der Waals surface area (Å²) in [5.74, 6) is 0. The Hall–Kier alpha value is -0.440. The van der Waals surface area contributed by atoms with Crippen molar-refractivity contribution in [1.82, 2.24) is 5.43 Å². The summed E-state index contributed by atoms with van der Waals surface area (Å²) >= 11 is 0. The highest BCUT2D eigenvalue weighted by atomic mass is 35.5. The van der Waals surface area contributed by atoms with E-state index in [1.54, 1.807) is 0 Å². The molecule has 0 amide bonds. The molecule has 2 nitrogen and oxygen atoms in total. The van der Waals surface area contributed by atoms with E-state index in [0.29, 0.717) is 0 Å². The molecule has 0 fully saturated rings. The van der Waals surface area contributed by atoms with Gasteiger partial charge in [-0.05, 0) is 18.1 Å². The molecule has 2 rings (SSSR count). The first kappa shape index (κ1) is 11.6. The van der Waals surface area contributed by atoms with Crippen LogP contribution >= 0.6 is 24.8 Å². The fourth-order valence-electron chi connectivity index (χ4n) is 1.22. The molecule has 0 aliphatic carbocycles. The molecule has 0 unspecified atom stereocenters. The van der Waals surface area contributed by atoms with Crippen LogP contribution in [0.25, 0.3) is 0 Å². The van der Waals surface area contributed by atoms with Crippen molar-refractivity contribution in [3.8, 4) is 0 Å². The Morgan fingerprint density at radius 1 is 1.08 bits per heavy atom. The molecule has 68 valence electrons. The number of para-hydroxylation sites is 1. The van der Waals surface area contributed by atoms with E-state index in [2.05, 4.69) is 29.1 Å². The third kappa shape index (κ3) is 2.27. The van der Waals surface area contributed by atoms with Gasteiger partial charge in [-0.15, -0.1) is 24.8 Å². The molecule has 0 atom stereocenters. The largest absolute Gasteiger partial charge is 0.321 e. The molecular formula is C8H12Cl2N2. The van der Waals surface area contributed by atoms with Gasteiger partial charge in [-0.3, -0.25) is 0 Å². The molecule has 1 aromatic rings. The number of halogens is 2. The van der Waals surface area contributed by atoms with Crippen LogP contribution in [0.15, 0.2) is 24.3 Å². The number of hydrogen-bond acceptors (Lipinski definition) is 2. The molecule has 0 aromatic heterocycles. The van der Waals surface area contributed by atoms with Crippen molar-refractivity contribution < 1.29 is 0 Å². The van der Waals surface area contributed by atoms with Crippen LogP contribution in [0.1, 0.15) is 5.56 Å². The first-order valence-corrected chi connectivity index (χ1v) is 3.53. The fraction of sp³-hybridized carbons (Fsp3) is 0.250. The third-order valence-electron chi connectivity index (χ3n) is 1.76. The first-order chi connectivity index (χ1) is 4.97. The van der Waals surface area contributed by atoms with E-state index in [9.17, 15) is 0 Å². The molecule has 4 heteroatoms. The molecule has 1 aromatic carbocycles. The van der Waals surface area contributed by atoms with Crippen molar-refractivity contribution in [2.75, 3.05) is 12.0 Å². The average molecular weight is 207 g/mol. The molecule has 1 heterocycles. The van der Waals surface area contributed by atoms with Gasteiger partial charge in [0.1, 0.15) is 0 Å². The van der Waals surface area contributed by atoms with Crippen molar-refractivity contribution in [3.05, 3.63) is 29.8 Å². The van der Waals surface area contributed by atoms with Crippen LogP contribution in [0.2, 0.25) is 0 Å². The Bertz CT molecular complexity index is 215. The van der Waals surface area contributed by atoms with Crippen LogP contribution < -0.4 is 10.9 Å². The van der Waals surface area contributed by atoms with E-state index in [1.807, 2.05) is 6.07 Å². The highest BCUT2D eigenvalue weighted by molar-refractivity contribution is 5.85. The zero-order valence-corrected chi connectivity index (χ0v) is 8.17. The van der Waals surface area contributed by atoms with E-state index < -0.39 is 0 Å². The molecule has 0 saturated heterocycles. The zero-order valence-electron chi connectivity index (χ0n) is 6.54. The van der Waals surface area contributed by atoms with E-state index in [1.165, 1.54) is 11.3 Å². The molecule has 0 radical (unpaired) electrons. The van der Waals surface area contributed by atoms with Crippen LogP contribution in [0.4, 0.5) is 5.69 Å². The number of fused-ring (bicyclic) bond motifs is 1. The van der Waals surface area contributed by atoms with Gasteiger partial charge in [0.05, 0.1) is 5.69 Å². The van der Waals surface area contributed by atoms with Crippen molar-refractivity contribution >= 4 is 30.5 Å². The second-order valence-electron chi connectivity index (χ2n) is 2.46. The molecule has 0 spiro atoms. The lowest BCUT2D eigenvalue weighted by atomic mass is 10.1. The van der Waals surface area contributed by atoms with Crippen LogP contribution in [-0.4, -0.2) is 6.54 Å². The van der Waals surface area contributed by atoms with E-state index >= 15 is 0 Å². The molecule has 1 aliphatic rings. The highest BCUT2D eigenvalue weighted by Gasteiger charge is 2.04. The van der Waals surface area contributed by atoms with Crippen LogP contribution in [0.3, 0.4) is 0 Å². The Kier molecular flexibility index (Phi) is 5.06. The number of hydrazine groups is 1. The van der Waals surface area contributed by atoms with Gasteiger partial charge in [-0.25, -0.2) is 5.43 Å². The highest BCUT2D eigenvalue weighted by Crippen LogP contribution is 2.16. The van der Waals surface area contributed by atoms with Gasteiger partial charge in [0, 0.05) is 6.54 Å². The van der Waals surface area contributed by atoms with Crippen LogP contribution in [0.5, 0.6) is 0 Å². The summed E-state index contributed by atoms with van der Waals surface area (Å²) in [7, 11) is 0.